The van der Waals surface area contributed by atoms with E-state index in [4.69, 9.17) is 33.2 Å². The van der Waals surface area contributed by atoms with Crippen molar-refractivity contribution in [2.75, 3.05) is 31.0 Å². The molecule has 0 fully saturated rings. The number of hydrogen-bond donors (Lipinski definition) is 0. The fraction of sp³-hybridized carbons (Fsp3) is 0.227. The van der Waals surface area contributed by atoms with Crippen LogP contribution < -0.4 is 4.31 Å². The molecular weight excluding hydrogens is 489 g/mol. The van der Waals surface area contributed by atoms with Crippen molar-refractivity contribution < 1.29 is 22.7 Å². The van der Waals surface area contributed by atoms with E-state index in [-0.39, 0.29) is 35.0 Å². The lowest BCUT2D eigenvalue weighted by Crippen LogP contribution is -2.32. The zero-order valence-electron chi connectivity index (χ0n) is 17.7. The average Bonchev–Trinajstić information content (AvgIpc) is 2.79. The molecule has 1 amide bonds. The molecule has 2 rings (SSSR count). The first-order chi connectivity index (χ1) is 15.6. The van der Waals surface area contributed by atoms with E-state index in [1.54, 1.807) is 12.1 Å². The van der Waals surface area contributed by atoms with Crippen LogP contribution >= 0.6 is 23.2 Å². The van der Waals surface area contributed by atoms with Crippen molar-refractivity contribution in [1.82, 2.24) is 4.90 Å². The molecule has 11 heteroatoms. The number of likely N-dealkylation sites (N-methyl/N-ethyl adjacent to an activating group) is 1. The van der Waals surface area contributed by atoms with Crippen LogP contribution in [0.3, 0.4) is 0 Å². The Bertz CT molecular complexity index is 1180. The number of nitriles is 1. The predicted molar refractivity (Wildman–Crippen MR) is 126 cm³/mol. The molecule has 0 unspecified atom stereocenters. The molecule has 0 bridgehead atoms. The van der Waals surface area contributed by atoms with E-state index in [1.807, 2.05) is 6.07 Å². The van der Waals surface area contributed by atoms with E-state index < -0.39 is 28.5 Å². The Morgan fingerprint density at radius 3 is 2.45 bits per heavy atom. The van der Waals surface area contributed by atoms with Crippen molar-refractivity contribution in [2.24, 2.45) is 0 Å². The minimum Gasteiger partial charge on any atom is -0.452 e. The van der Waals surface area contributed by atoms with Gasteiger partial charge in [-0.1, -0.05) is 29.3 Å². The largest absolute Gasteiger partial charge is 0.452 e. The van der Waals surface area contributed by atoms with Gasteiger partial charge < -0.3 is 9.64 Å². The summed E-state index contributed by atoms with van der Waals surface area (Å²) in [6.45, 7) is 3.18. The first-order valence-electron chi connectivity index (χ1n) is 9.58. The molecule has 0 saturated carbocycles. The van der Waals surface area contributed by atoms with Gasteiger partial charge in [0.25, 0.3) is 15.9 Å². The second-order valence-corrected chi connectivity index (χ2v) is 9.42. The van der Waals surface area contributed by atoms with Crippen LogP contribution in [0.4, 0.5) is 5.69 Å². The fourth-order valence-electron chi connectivity index (χ4n) is 2.68. The topological polar surface area (TPSA) is 108 Å². The molecule has 0 aromatic heterocycles. The van der Waals surface area contributed by atoms with Crippen molar-refractivity contribution in [2.45, 2.75) is 11.3 Å². The number of halogens is 2. The van der Waals surface area contributed by atoms with E-state index in [9.17, 15) is 18.0 Å². The molecule has 2 aromatic rings. The Hall–Kier alpha value is -3.06. The quantitative estimate of drug-likeness (QED) is 0.355. The number of hydrogen-bond acceptors (Lipinski definition) is 6. The number of carbonyl (C=O) groups excluding carboxylic acids is 2. The van der Waals surface area contributed by atoms with Crippen LogP contribution in [0.2, 0.25) is 10.0 Å². The molecule has 0 aliphatic carbocycles. The van der Waals surface area contributed by atoms with Gasteiger partial charge in [0.15, 0.2) is 6.61 Å². The van der Waals surface area contributed by atoms with Crippen LogP contribution in [0.1, 0.15) is 16.8 Å². The normalized spacial score (nSPS) is 10.7. The van der Waals surface area contributed by atoms with E-state index in [0.717, 1.165) is 10.4 Å². The van der Waals surface area contributed by atoms with Gasteiger partial charge in [-0.3, -0.25) is 9.10 Å². The molecule has 0 N–H and O–H groups in total. The number of sulfonamides is 1. The van der Waals surface area contributed by atoms with Crippen LogP contribution in [0.15, 0.2) is 60.0 Å². The Balaban J connectivity index is 2.29. The highest BCUT2D eigenvalue weighted by Crippen LogP contribution is 2.30. The van der Waals surface area contributed by atoms with E-state index in [1.165, 1.54) is 42.3 Å². The summed E-state index contributed by atoms with van der Waals surface area (Å²) in [5.41, 5.74) is 0.231. The monoisotopic (exact) mass is 509 g/mol. The Morgan fingerprint density at radius 1 is 1.18 bits per heavy atom. The minimum atomic E-state index is -4.20. The van der Waals surface area contributed by atoms with E-state index in [2.05, 4.69) is 6.58 Å². The smallest absolute Gasteiger partial charge is 0.338 e. The third-order valence-corrected chi connectivity index (χ3v) is 6.98. The van der Waals surface area contributed by atoms with E-state index >= 15 is 0 Å². The van der Waals surface area contributed by atoms with Gasteiger partial charge in [-0.05, 0) is 42.5 Å². The first-order valence-corrected chi connectivity index (χ1v) is 11.8. The van der Waals surface area contributed by atoms with Gasteiger partial charge in [0.2, 0.25) is 0 Å². The lowest BCUT2D eigenvalue weighted by molar-refractivity contribution is -0.133. The predicted octanol–water partition coefficient (Wildman–Crippen LogP) is 3.90. The second kappa shape index (κ2) is 11.7. The number of amides is 1. The lowest BCUT2D eigenvalue weighted by atomic mass is 10.2. The van der Waals surface area contributed by atoms with Crippen molar-refractivity contribution in [1.29, 1.82) is 5.26 Å². The number of anilines is 1. The van der Waals surface area contributed by atoms with Gasteiger partial charge in [-0.15, -0.1) is 6.58 Å². The summed E-state index contributed by atoms with van der Waals surface area (Å²) in [6.07, 6.45) is 1.55. The van der Waals surface area contributed by atoms with E-state index in [0.29, 0.717) is 10.7 Å². The van der Waals surface area contributed by atoms with Gasteiger partial charge in [0.05, 0.1) is 35.3 Å². The SMILES string of the molecule is C=CCN(c1ccc(Cl)cc1)S(=O)(=O)c1cc(C(=O)OCC(=O)N(C)CCC#N)ccc1Cl. The third kappa shape index (κ3) is 6.71. The minimum absolute atomic E-state index is 0.0570. The molecule has 2 aromatic carbocycles. The molecule has 33 heavy (non-hydrogen) atoms. The summed E-state index contributed by atoms with van der Waals surface area (Å²) in [5, 5.41) is 8.93. The first kappa shape index (κ1) is 26.2. The Labute approximate surface area is 202 Å². The van der Waals surface area contributed by atoms with Gasteiger partial charge >= 0.3 is 5.97 Å². The lowest BCUT2D eigenvalue weighted by Gasteiger charge is -2.24. The van der Waals surface area contributed by atoms with Crippen molar-refractivity contribution in [3.05, 3.63) is 70.7 Å². The number of nitrogens with zero attached hydrogens (tertiary/aromatic N) is 3. The van der Waals surface area contributed by atoms with Gasteiger partial charge in [-0.2, -0.15) is 5.26 Å². The second-order valence-electron chi connectivity index (χ2n) is 6.75. The van der Waals surface area contributed by atoms with Crippen LogP contribution in [0.5, 0.6) is 0 Å². The molecular formula is C22H21Cl2N3O5S. The molecule has 0 heterocycles. The van der Waals surface area contributed by atoms with Crippen LogP contribution in [-0.2, 0) is 19.6 Å². The molecule has 0 aliphatic heterocycles. The van der Waals surface area contributed by atoms with Crippen LogP contribution in [0, 0.1) is 11.3 Å². The number of benzene rings is 2. The third-order valence-electron chi connectivity index (χ3n) is 4.46. The standard InChI is InChI=1S/C22H21Cl2N3O5S/c1-3-12-27(18-8-6-17(23)7-9-18)33(30,31)20-14-16(5-10-19(20)24)22(29)32-15-21(28)26(2)13-4-11-25/h3,5-10,14H,1,4,12-13,15H2,2H3. The van der Waals surface area contributed by atoms with Crippen molar-refractivity contribution in [3.8, 4) is 6.07 Å². The summed E-state index contributed by atoms with van der Waals surface area (Å²) >= 11 is 12.1. The Kier molecular flexibility index (Phi) is 9.29. The number of esters is 1. The molecule has 174 valence electrons. The molecule has 8 nitrogen and oxygen atoms in total. The highest BCUT2D eigenvalue weighted by atomic mass is 35.5. The molecule has 0 saturated heterocycles. The zero-order valence-corrected chi connectivity index (χ0v) is 20.0. The fourth-order valence-corrected chi connectivity index (χ4v) is 4.74. The highest BCUT2D eigenvalue weighted by Gasteiger charge is 2.28. The maximum atomic E-state index is 13.4. The average molecular weight is 510 g/mol. The zero-order chi connectivity index (χ0) is 24.6. The number of ether oxygens (including phenoxy) is 1. The van der Waals surface area contributed by atoms with Crippen LogP contribution in [0.25, 0.3) is 0 Å². The summed E-state index contributed by atoms with van der Waals surface area (Å²) < 4.78 is 32.8. The maximum absolute atomic E-state index is 13.4. The molecule has 0 spiro atoms. The van der Waals surface area contributed by atoms with Gasteiger partial charge in [0.1, 0.15) is 4.90 Å². The molecule has 0 radical (unpaired) electrons. The summed E-state index contributed by atoms with van der Waals surface area (Å²) in [4.78, 5) is 25.4. The van der Waals surface area contributed by atoms with Gasteiger partial charge in [-0.25, -0.2) is 13.2 Å². The summed E-state index contributed by atoms with van der Waals surface area (Å²) in [5.74, 6) is -1.40. The van der Waals surface area contributed by atoms with Crippen LogP contribution in [-0.4, -0.2) is 51.9 Å². The molecule has 0 aliphatic rings. The number of rotatable bonds is 10. The maximum Gasteiger partial charge on any atom is 0.338 e. The van der Waals surface area contributed by atoms with Crippen molar-refractivity contribution >= 4 is 50.8 Å². The molecule has 0 atom stereocenters. The highest BCUT2D eigenvalue weighted by molar-refractivity contribution is 7.93. The summed E-state index contributed by atoms with van der Waals surface area (Å²) in [6, 6.07) is 11.7. The summed E-state index contributed by atoms with van der Waals surface area (Å²) in [7, 11) is -2.72. The van der Waals surface area contributed by atoms with Crippen molar-refractivity contribution in [3.63, 3.8) is 0 Å². The Morgan fingerprint density at radius 2 is 1.85 bits per heavy atom. The number of carbonyl (C=O) groups is 2. The van der Waals surface area contributed by atoms with Gasteiger partial charge in [0, 0.05) is 18.6 Å².